The summed E-state index contributed by atoms with van der Waals surface area (Å²) in [5.74, 6) is 0. The largest absolute Gasteiger partial charge is 0.414 e. The molecular weight excluding hydrogens is 661 g/mol. The molecule has 1 N–H and O–H groups in total. The van der Waals surface area contributed by atoms with E-state index in [2.05, 4.69) is 140 Å². The van der Waals surface area contributed by atoms with Crippen molar-refractivity contribution in [3.05, 3.63) is 32.6 Å². The van der Waals surface area contributed by atoms with E-state index in [0.29, 0.717) is 12.2 Å². The summed E-state index contributed by atoms with van der Waals surface area (Å²) in [5, 5.41) is -0.198. The monoisotopic (exact) mass is 730 g/mol. The first-order valence-electron chi connectivity index (χ1n) is 17.3. The van der Waals surface area contributed by atoms with Gasteiger partial charge in [0, 0.05) is 6.20 Å². The van der Waals surface area contributed by atoms with E-state index >= 15 is 0 Å². The number of rotatable bonds is 11. The molecule has 1 aliphatic heterocycles. The number of hydrogen-bond acceptors (Lipinski definition) is 7. The van der Waals surface area contributed by atoms with E-state index in [0.717, 1.165) is 0 Å². The molecule has 1 aliphatic rings. The van der Waals surface area contributed by atoms with Crippen molar-refractivity contribution in [1.29, 1.82) is 0 Å². The van der Waals surface area contributed by atoms with E-state index < -0.39 is 69.1 Å². The Labute approximate surface area is 290 Å². The Morgan fingerprint density at radius 1 is 0.660 bits per heavy atom. The van der Waals surface area contributed by atoms with Gasteiger partial charge in [-0.2, -0.15) is 0 Å². The second-order valence-corrected chi connectivity index (χ2v) is 38.8. The summed E-state index contributed by atoms with van der Waals surface area (Å²) >= 11 is 0. The summed E-state index contributed by atoms with van der Waals surface area (Å²) in [4.78, 5) is 29.3. The predicted octanol–water partition coefficient (Wildman–Crippen LogP) is 8.76. The SMILES string of the molecule is CC(C)(C)[Si](C)(C)OCc1cn([C@@H]2O[C@H](CO[Si](C)(C)C(C)(C)C)[C@@H](O[Si](C)(C)C(C)(C)C)[C@H]2O[Si](C)(C)C(C)(C)C)c(=O)[nH]c1=O. The third kappa shape index (κ3) is 9.78. The van der Waals surface area contributed by atoms with E-state index in [-0.39, 0.29) is 26.8 Å². The van der Waals surface area contributed by atoms with E-state index in [1.165, 1.54) is 4.57 Å². The Kier molecular flexibility index (Phi) is 12.5. The van der Waals surface area contributed by atoms with Gasteiger partial charge in [0.25, 0.3) is 5.56 Å². The summed E-state index contributed by atoms with van der Waals surface area (Å²) in [6, 6.07) is 0. The van der Waals surface area contributed by atoms with Crippen LogP contribution in [0.3, 0.4) is 0 Å². The molecule has 47 heavy (non-hydrogen) atoms. The zero-order valence-corrected chi connectivity index (χ0v) is 37.6. The Hall–Kier alpha value is -0.652. The zero-order valence-electron chi connectivity index (χ0n) is 33.6. The fraction of sp³-hybridized carbons (Fsp3) is 0.882. The first-order valence-corrected chi connectivity index (χ1v) is 28.9. The number of ether oxygens (including phenoxy) is 1. The number of nitrogens with zero attached hydrogens (tertiary/aromatic N) is 1. The summed E-state index contributed by atoms with van der Waals surface area (Å²) < 4.78 is 36.0. The summed E-state index contributed by atoms with van der Waals surface area (Å²) in [6.45, 7) is 44.5. The van der Waals surface area contributed by atoms with Gasteiger partial charge in [0.2, 0.25) is 0 Å². The van der Waals surface area contributed by atoms with Gasteiger partial charge < -0.3 is 22.4 Å². The number of aromatic nitrogens is 2. The molecule has 2 heterocycles. The lowest BCUT2D eigenvalue weighted by atomic mass is 10.1. The van der Waals surface area contributed by atoms with Crippen LogP contribution >= 0.6 is 0 Å². The van der Waals surface area contributed by atoms with E-state index in [9.17, 15) is 9.59 Å². The number of H-pyrrole nitrogens is 1. The van der Waals surface area contributed by atoms with Crippen molar-refractivity contribution in [2.45, 2.75) is 187 Å². The van der Waals surface area contributed by atoms with Gasteiger partial charge in [0.1, 0.15) is 18.3 Å². The third-order valence-electron chi connectivity index (χ3n) is 11.9. The maximum Gasteiger partial charge on any atom is 0.330 e. The van der Waals surface area contributed by atoms with Crippen molar-refractivity contribution in [3.63, 3.8) is 0 Å². The second kappa shape index (κ2) is 13.8. The van der Waals surface area contributed by atoms with Crippen molar-refractivity contribution in [1.82, 2.24) is 9.55 Å². The molecule has 0 amide bonds. The fourth-order valence-electron chi connectivity index (χ4n) is 4.17. The average molecular weight is 731 g/mol. The molecule has 4 atom stereocenters. The third-order valence-corrected chi connectivity index (χ3v) is 29.8. The minimum absolute atomic E-state index is 0.00668. The van der Waals surface area contributed by atoms with Crippen LogP contribution in [-0.2, 0) is 29.0 Å². The van der Waals surface area contributed by atoms with Gasteiger partial charge in [0.15, 0.2) is 39.5 Å². The van der Waals surface area contributed by atoms with Gasteiger partial charge >= 0.3 is 5.69 Å². The number of hydrogen-bond donors (Lipinski definition) is 1. The van der Waals surface area contributed by atoms with Crippen LogP contribution in [0.25, 0.3) is 0 Å². The second-order valence-electron chi connectivity index (χ2n) is 19.7. The molecule has 1 saturated heterocycles. The molecule has 0 bridgehead atoms. The molecule has 0 unspecified atom stereocenters. The van der Waals surface area contributed by atoms with Crippen LogP contribution in [0, 0.1) is 0 Å². The van der Waals surface area contributed by atoms with Crippen LogP contribution in [0.2, 0.25) is 72.5 Å². The van der Waals surface area contributed by atoms with Crippen molar-refractivity contribution >= 4 is 33.3 Å². The normalized spacial score (nSPS) is 22.6. The highest BCUT2D eigenvalue weighted by Crippen LogP contribution is 2.46. The Balaban J connectivity index is 2.76. The standard InChI is InChI=1S/C34H70N2O7Si4/c1-31(2,3)44(13,14)39-22-24-21-36(30(38)35-28(24)37)29-27(43-47(19,20)34(10,11)12)26(42-46(17,18)33(7,8)9)25(41-29)23-40-45(15,16)32(4,5)6/h21,25-27,29H,22-23H2,1-20H3,(H,35,37,38)/t25-,26-,27-,29-/m1/s1. The van der Waals surface area contributed by atoms with Crippen molar-refractivity contribution in [3.8, 4) is 0 Å². The molecule has 0 spiro atoms. The molecule has 1 aromatic heterocycles. The highest BCUT2D eigenvalue weighted by Gasteiger charge is 2.55. The summed E-state index contributed by atoms with van der Waals surface area (Å²) in [7, 11) is -9.09. The highest BCUT2D eigenvalue weighted by atomic mass is 28.4. The molecule has 1 aromatic rings. The molecule has 0 aromatic carbocycles. The first-order chi connectivity index (χ1) is 20.7. The van der Waals surface area contributed by atoms with Crippen LogP contribution in [0.5, 0.6) is 0 Å². The van der Waals surface area contributed by atoms with E-state index in [1.807, 2.05) is 0 Å². The van der Waals surface area contributed by atoms with Gasteiger partial charge in [-0.25, -0.2) is 4.79 Å². The molecular formula is C34H70N2O7Si4. The summed E-state index contributed by atoms with van der Waals surface area (Å²) in [6.07, 6.45) is -0.783. The lowest BCUT2D eigenvalue weighted by Crippen LogP contribution is -2.55. The molecule has 274 valence electrons. The summed E-state index contributed by atoms with van der Waals surface area (Å²) in [5.41, 5.74) is -0.611. The average Bonchev–Trinajstić information content (AvgIpc) is 3.15. The minimum atomic E-state index is -2.41. The maximum atomic E-state index is 13.6. The predicted molar refractivity (Wildman–Crippen MR) is 205 cm³/mol. The van der Waals surface area contributed by atoms with Crippen molar-refractivity contribution in [2.24, 2.45) is 0 Å². The van der Waals surface area contributed by atoms with Crippen LogP contribution in [0.15, 0.2) is 15.8 Å². The Morgan fingerprint density at radius 3 is 1.49 bits per heavy atom. The lowest BCUT2D eigenvalue weighted by molar-refractivity contribution is -0.0512. The first kappa shape index (κ1) is 42.5. The van der Waals surface area contributed by atoms with Crippen molar-refractivity contribution < 1.29 is 22.4 Å². The molecule has 13 heteroatoms. The van der Waals surface area contributed by atoms with Gasteiger partial charge in [0.05, 0.1) is 18.8 Å². The molecule has 1 fully saturated rings. The lowest BCUT2D eigenvalue weighted by Gasteiger charge is -2.44. The fourth-order valence-corrected chi connectivity index (χ4v) is 8.74. The zero-order chi connectivity index (χ0) is 37.0. The highest BCUT2D eigenvalue weighted by molar-refractivity contribution is 6.75. The van der Waals surface area contributed by atoms with Crippen LogP contribution in [0.4, 0.5) is 0 Å². The quantitative estimate of drug-likeness (QED) is 0.227. The molecule has 0 aliphatic carbocycles. The maximum absolute atomic E-state index is 13.6. The minimum Gasteiger partial charge on any atom is -0.414 e. The molecule has 2 rings (SSSR count). The number of nitrogens with one attached hydrogen (secondary N) is 1. The van der Waals surface area contributed by atoms with Crippen LogP contribution in [0.1, 0.15) is 94.9 Å². The topological polar surface area (TPSA) is 101 Å². The van der Waals surface area contributed by atoms with Crippen LogP contribution < -0.4 is 11.2 Å². The van der Waals surface area contributed by atoms with Gasteiger partial charge in [-0.1, -0.05) is 83.1 Å². The molecule has 0 saturated carbocycles. The van der Waals surface area contributed by atoms with Crippen molar-refractivity contribution in [2.75, 3.05) is 6.61 Å². The molecule has 9 nitrogen and oxygen atoms in total. The van der Waals surface area contributed by atoms with Crippen LogP contribution in [-0.4, -0.2) is 67.7 Å². The Morgan fingerprint density at radius 2 is 1.06 bits per heavy atom. The Bertz CT molecular complexity index is 1340. The van der Waals surface area contributed by atoms with E-state index in [1.54, 1.807) is 6.20 Å². The van der Waals surface area contributed by atoms with Gasteiger partial charge in [-0.05, 0) is 72.5 Å². The van der Waals surface area contributed by atoms with E-state index in [4.69, 9.17) is 22.4 Å². The van der Waals surface area contributed by atoms with Gasteiger partial charge in [-0.15, -0.1) is 0 Å². The molecule has 0 radical (unpaired) electrons. The van der Waals surface area contributed by atoms with Gasteiger partial charge in [-0.3, -0.25) is 14.3 Å². The smallest absolute Gasteiger partial charge is 0.330 e. The number of aromatic amines is 1.